The molecule has 2 aliphatic heterocycles. The molecule has 0 atom stereocenters. The lowest BCUT2D eigenvalue weighted by atomic mass is 10.1. The minimum absolute atomic E-state index is 0.0305. The Kier molecular flexibility index (Phi) is 7.90. The number of ether oxygens (including phenoxy) is 2. The van der Waals surface area contributed by atoms with Crippen molar-refractivity contribution in [1.29, 1.82) is 0 Å². The van der Waals surface area contributed by atoms with Crippen molar-refractivity contribution in [2.24, 2.45) is 0 Å². The molecule has 0 spiro atoms. The van der Waals surface area contributed by atoms with Gasteiger partial charge in [0.25, 0.3) is 0 Å². The number of likely N-dealkylation sites (tertiary alicyclic amines) is 2. The van der Waals surface area contributed by atoms with E-state index in [-0.39, 0.29) is 17.0 Å². The lowest BCUT2D eigenvalue weighted by molar-refractivity contribution is -0.133. The topological polar surface area (TPSA) is 79.8 Å². The lowest BCUT2D eigenvalue weighted by Crippen LogP contribution is -2.44. The fraction of sp³-hybridized carbons (Fsp3) is 0.444. The molecule has 2 fully saturated rings. The van der Waals surface area contributed by atoms with Crippen molar-refractivity contribution < 1.29 is 18.7 Å². The third-order valence-corrected chi connectivity index (χ3v) is 7.33. The summed E-state index contributed by atoms with van der Waals surface area (Å²) in [6.45, 7) is 4.43. The van der Waals surface area contributed by atoms with Crippen LogP contribution in [0.15, 0.2) is 36.7 Å². The van der Waals surface area contributed by atoms with Gasteiger partial charge in [0.2, 0.25) is 5.91 Å². The molecule has 2 aliphatic rings. The largest absolute Gasteiger partial charge is 0.493 e. The minimum Gasteiger partial charge on any atom is -0.493 e. The van der Waals surface area contributed by atoms with Gasteiger partial charge in [-0.05, 0) is 49.9 Å². The van der Waals surface area contributed by atoms with E-state index in [9.17, 15) is 9.18 Å². The number of methoxy groups -OCH3 is 1. The minimum atomic E-state index is -0.480. The maximum absolute atomic E-state index is 13.6. The molecule has 0 bridgehead atoms. The zero-order valence-electron chi connectivity index (χ0n) is 20.9. The highest BCUT2D eigenvalue weighted by Gasteiger charge is 2.24. The molecule has 0 aliphatic carbocycles. The zero-order chi connectivity index (χ0) is 25.8. The predicted octanol–water partition coefficient (Wildman–Crippen LogP) is 5.03. The maximum Gasteiger partial charge on any atom is 0.222 e. The first-order chi connectivity index (χ1) is 18.0. The summed E-state index contributed by atoms with van der Waals surface area (Å²) < 4.78 is 25.6. The van der Waals surface area contributed by atoms with Crippen LogP contribution < -0.4 is 14.8 Å². The molecule has 0 saturated carbocycles. The van der Waals surface area contributed by atoms with Gasteiger partial charge in [-0.1, -0.05) is 11.6 Å². The van der Waals surface area contributed by atoms with Crippen molar-refractivity contribution in [3.63, 3.8) is 0 Å². The number of piperidine rings is 2. The Bertz CT molecular complexity index is 1270. The number of hydrogen-bond acceptors (Lipinski definition) is 7. The molecule has 10 heteroatoms. The summed E-state index contributed by atoms with van der Waals surface area (Å²) in [5.74, 6) is 1.59. The van der Waals surface area contributed by atoms with E-state index in [2.05, 4.69) is 20.2 Å². The van der Waals surface area contributed by atoms with Crippen molar-refractivity contribution >= 4 is 39.9 Å². The van der Waals surface area contributed by atoms with Gasteiger partial charge in [0.05, 0.1) is 17.6 Å². The van der Waals surface area contributed by atoms with E-state index in [1.54, 1.807) is 13.2 Å². The molecule has 1 amide bonds. The SMILES string of the molecule is COc1cc2ncnc(Nc3ccc(F)c(Cl)c3)c2cc1OC1CCN(CCN2CCCCC2=O)CC1. The number of aromatic nitrogens is 2. The number of carbonyl (C=O) groups excluding carboxylic acids is 1. The van der Waals surface area contributed by atoms with Gasteiger partial charge in [-0.25, -0.2) is 14.4 Å². The molecule has 196 valence electrons. The maximum atomic E-state index is 13.6. The average Bonchev–Trinajstić information content (AvgIpc) is 2.91. The van der Waals surface area contributed by atoms with Gasteiger partial charge in [-0.3, -0.25) is 4.79 Å². The van der Waals surface area contributed by atoms with E-state index in [1.807, 2.05) is 17.0 Å². The molecule has 37 heavy (non-hydrogen) atoms. The van der Waals surface area contributed by atoms with Gasteiger partial charge in [0, 0.05) is 56.3 Å². The average molecular weight is 528 g/mol. The standard InChI is InChI=1S/C27H31ClFN5O3/c1-36-24-16-23-20(27(31-17-30-23)32-18-5-6-22(29)21(28)14-18)15-25(24)37-19-7-10-33(11-8-19)12-13-34-9-3-2-4-26(34)35/h5-6,14-17,19H,2-4,7-13H2,1H3,(H,30,31,32). The Balaban J connectivity index is 1.25. The summed E-state index contributed by atoms with van der Waals surface area (Å²) in [4.78, 5) is 25.2. The van der Waals surface area contributed by atoms with Gasteiger partial charge in [-0.2, -0.15) is 0 Å². The van der Waals surface area contributed by atoms with E-state index < -0.39 is 5.82 Å². The Morgan fingerprint density at radius 2 is 1.92 bits per heavy atom. The van der Waals surface area contributed by atoms with Crippen LogP contribution in [0.25, 0.3) is 10.9 Å². The summed E-state index contributed by atoms with van der Waals surface area (Å²) in [5, 5.41) is 3.98. The van der Waals surface area contributed by atoms with Gasteiger partial charge in [-0.15, -0.1) is 0 Å². The van der Waals surface area contributed by atoms with Gasteiger partial charge < -0.3 is 24.6 Å². The summed E-state index contributed by atoms with van der Waals surface area (Å²) in [6.07, 6.45) is 6.09. The molecular weight excluding hydrogens is 497 g/mol. The fourth-order valence-corrected chi connectivity index (χ4v) is 5.10. The van der Waals surface area contributed by atoms with Gasteiger partial charge in [0.1, 0.15) is 24.1 Å². The number of nitrogens with one attached hydrogen (secondary N) is 1. The Hall–Kier alpha value is -3.17. The number of rotatable bonds is 8. The number of amides is 1. The molecule has 5 rings (SSSR count). The van der Waals surface area contributed by atoms with E-state index in [0.29, 0.717) is 34.9 Å². The number of benzene rings is 2. The molecule has 1 N–H and O–H groups in total. The molecule has 0 radical (unpaired) electrons. The number of anilines is 2. The fourth-order valence-electron chi connectivity index (χ4n) is 4.92. The van der Waals surface area contributed by atoms with Crippen molar-refractivity contribution in [2.45, 2.75) is 38.2 Å². The van der Waals surface area contributed by atoms with Crippen LogP contribution in [-0.2, 0) is 4.79 Å². The molecule has 1 aromatic heterocycles. The van der Waals surface area contributed by atoms with Crippen molar-refractivity contribution in [3.8, 4) is 11.5 Å². The highest BCUT2D eigenvalue weighted by molar-refractivity contribution is 6.31. The Morgan fingerprint density at radius 3 is 2.68 bits per heavy atom. The van der Waals surface area contributed by atoms with Crippen LogP contribution in [0.4, 0.5) is 15.9 Å². The number of hydrogen-bond donors (Lipinski definition) is 1. The normalized spacial score (nSPS) is 17.3. The van der Waals surface area contributed by atoms with Crippen LogP contribution in [0, 0.1) is 5.82 Å². The summed E-state index contributed by atoms with van der Waals surface area (Å²) in [5.41, 5.74) is 1.31. The summed E-state index contributed by atoms with van der Waals surface area (Å²) >= 11 is 5.94. The number of carbonyl (C=O) groups is 1. The highest BCUT2D eigenvalue weighted by atomic mass is 35.5. The smallest absolute Gasteiger partial charge is 0.222 e. The van der Waals surface area contributed by atoms with Crippen LogP contribution in [0.5, 0.6) is 11.5 Å². The molecule has 3 aromatic rings. The van der Waals surface area contributed by atoms with Crippen LogP contribution in [0.1, 0.15) is 32.1 Å². The monoisotopic (exact) mass is 527 g/mol. The summed E-state index contributed by atoms with van der Waals surface area (Å²) in [6, 6.07) is 8.14. The second-order valence-corrected chi connectivity index (χ2v) is 9.90. The van der Waals surface area contributed by atoms with Crippen molar-refractivity contribution in [3.05, 3.63) is 47.5 Å². The van der Waals surface area contributed by atoms with E-state index >= 15 is 0 Å². The molecule has 2 aromatic carbocycles. The molecule has 8 nitrogen and oxygen atoms in total. The number of nitrogens with zero attached hydrogens (tertiary/aromatic N) is 4. The van der Waals surface area contributed by atoms with E-state index in [4.69, 9.17) is 21.1 Å². The second kappa shape index (κ2) is 11.5. The van der Waals surface area contributed by atoms with Crippen LogP contribution >= 0.6 is 11.6 Å². The Labute approximate surface area is 220 Å². The van der Waals surface area contributed by atoms with Crippen molar-refractivity contribution in [2.75, 3.05) is 45.2 Å². The van der Waals surface area contributed by atoms with Gasteiger partial charge in [0.15, 0.2) is 11.5 Å². The zero-order valence-corrected chi connectivity index (χ0v) is 21.6. The quantitative estimate of drug-likeness (QED) is 0.440. The first-order valence-electron chi connectivity index (χ1n) is 12.7. The first-order valence-corrected chi connectivity index (χ1v) is 13.1. The third kappa shape index (κ3) is 6.05. The third-order valence-electron chi connectivity index (χ3n) is 7.04. The predicted molar refractivity (Wildman–Crippen MR) is 141 cm³/mol. The highest BCUT2D eigenvalue weighted by Crippen LogP contribution is 2.36. The van der Waals surface area contributed by atoms with Crippen LogP contribution in [0.3, 0.4) is 0 Å². The van der Waals surface area contributed by atoms with Gasteiger partial charge >= 0.3 is 0 Å². The van der Waals surface area contributed by atoms with Crippen LogP contribution in [0.2, 0.25) is 5.02 Å². The molecule has 2 saturated heterocycles. The molecule has 3 heterocycles. The summed E-state index contributed by atoms with van der Waals surface area (Å²) in [7, 11) is 1.61. The first kappa shape index (κ1) is 25.5. The van der Waals surface area contributed by atoms with Crippen molar-refractivity contribution in [1.82, 2.24) is 19.8 Å². The lowest BCUT2D eigenvalue weighted by Gasteiger charge is -2.34. The van der Waals surface area contributed by atoms with E-state index in [1.165, 1.54) is 18.5 Å². The number of fused-ring (bicyclic) bond motifs is 1. The molecular formula is C27H31ClFN5O3. The van der Waals surface area contributed by atoms with E-state index in [0.717, 1.165) is 63.8 Å². The number of halogens is 2. The van der Waals surface area contributed by atoms with Crippen LogP contribution in [-0.4, -0.2) is 71.6 Å². The second-order valence-electron chi connectivity index (χ2n) is 9.49. The Morgan fingerprint density at radius 1 is 1.08 bits per heavy atom. The molecule has 0 unspecified atom stereocenters.